The van der Waals surface area contributed by atoms with Gasteiger partial charge in [0.25, 0.3) is 0 Å². The molecule has 6 heterocycles. The van der Waals surface area contributed by atoms with Crippen molar-refractivity contribution in [3.05, 3.63) is 132 Å². The van der Waals surface area contributed by atoms with E-state index in [-0.39, 0.29) is 23.3 Å². The maximum atomic E-state index is 15.4. The van der Waals surface area contributed by atoms with Crippen molar-refractivity contribution in [3.63, 3.8) is 0 Å². The molecule has 0 spiro atoms. The van der Waals surface area contributed by atoms with Gasteiger partial charge in [-0.05, 0) is 76.2 Å². The van der Waals surface area contributed by atoms with Crippen molar-refractivity contribution >= 4 is 19.7 Å². The molecule has 8 aromatic rings. The first-order valence-corrected chi connectivity index (χ1v) is 24.9. The lowest BCUT2D eigenvalue weighted by atomic mass is 10.1. The lowest BCUT2D eigenvalue weighted by Crippen LogP contribution is -2.30. The number of hydrogen-bond donors (Lipinski definition) is 0. The zero-order valence-corrected chi connectivity index (χ0v) is 41.4. The molecule has 6 aromatic heterocycles. The van der Waals surface area contributed by atoms with Crippen LogP contribution in [-0.4, -0.2) is 106 Å². The lowest BCUT2D eigenvalue weighted by molar-refractivity contribution is 0.208. The summed E-state index contributed by atoms with van der Waals surface area (Å²) in [6, 6.07) is 16.8. The van der Waals surface area contributed by atoms with E-state index in [0.29, 0.717) is 57.4 Å². The molecule has 20 nitrogen and oxygen atoms in total. The number of aryl methyl sites for hydroxylation is 2. The molecule has 8 rings (SSSR count). The fourth-order valence-electron chi connectivity index (χ4n) is 7.44. The van der Waals surface area contributed by atoms with Crippen LogP contribution in [-0.2, 0) is 42.5 Å². The van der Waals surface area contributed by atoms with E-state index in [1.54, 1.807) is 74.5 Å². The van der Waals surface area contributed by atoms with E-state index in [0.717, 1.165) is 38.6 Å². The summed E-state index contributed by atoms with van der Waals surface area (Å²) >= 11 is 0. The summed E-state index contributed by atoms with van der Waals surface area (Å²) < 4.78 is 146. The number of nitrogens with zero attached hydrogens (tertiary/aromatic N) is 10. The predicted molar refractivity (Wildman–Crippen MR) is 250 cm³/mol. The highest BCUT2D eigenvalue weighted by Gasteiger charge is 2.39. The van der Waals surface area contributed by atoms with Gasteiger partial charge in [-0.15, -0.1) is 20.4 Å². The first-order chi connectivity index (χ1) is 34.1. The first-order valence-electron chi connectivity index (χ1n) is 21.3. The van der Waals surface area contributed by atoms with E-state index in [9.17, 15) is 25.6 Å². The number of benzene rings is 2. The third-order valence-corrected chi connectivity index (χ3v) is 13.8. The minimum Gasteiger partial charge on any atom is -0.494 e. The van der Waals surface area contributed by atoms with E-state index in [1.807, 2.05) is 0 Å². The van der Waals surface area contributed by atoms with Crippen molar-refractivity contribution in [1.29, 1.82) is 0 Å². The maximum Gasteiger partial charge on any atom is 0.204 e. The highest BCUT2D eigenvalue weighted by molar-refractivity contribution is 7.90. The van der Waals surface area contributed by atoms with Crippen molar-refractivity contribution in [2.24, 2.45) is 0 Å². The summed E-state index contributed by atoms with van der Waals surface area (Å²) in [6.07, 6.45) is 3.09. The summed E-state index contributed by atoms with van der Waals surface area (Å²) in [7, 11) is -2.53. The zero-order chi connectivity index (χ0) is 52.2. The standard InChI is InChI=1S/2C23H23F2N5O5S/c2*1-14-8-9-18(35-14)21-29-28-19(30(21)20-16(33-3)6-5-7-17(20)34-4)12-36(31,32)13-23(2,25)22-26-10-15(24)11-27-22/h2*5-11H,12-13H2,1-4H3/t2*23-/m10/s1. The third-order valence-electron chi connectivity index (χ3n) is 10.5. The van der Waals surface area contributed by atoms with Crippen LogP contribution in [0.4, 0.5) is 17.6 Å². The zero-order valence-electron chi connectivity index (χ0n) is 39.8. The van der Waals surface area contributed by atoms with Crippen LogP contribution in [0.2, 0.25) is 0 Å². The molecule has 2 atom stereocenters. The molecule has 380 valence electrons. The largest absolute Gasteiger partial charge is 0.494 e. The predicted octanol–water partition coefficient (Wildman–Crippen LogP) is 7.16. The van der Waals surface area contributed by atoms with E-state index in [4.69, 9.17) is 27.8 Å². The number of hydrogen-bond acceptors (Lipinski definition) is 18. The molecular formula is C46H46F4N10O10S2. The second-order valence-corrected chi connectivity index (χ2v) is 20.4. The van der Waals surface area contributed by atoms with Gasteiger partial charge in [-0.3, -0.25) is 9.13 Å². The van der Waals surface area contributed by atoms with Gasteiger partial charge >= 0.3 is 0 Å². The molecule has 0 aliphatic heterocycles. The molecule has 0 radical (unpaired) electrons. The Kier molecular flexibility index (Phi) is 15.1. The quantitative estimate of drug-likeness (QED) is 0.0773. The van der Waals surface area contributed by atoms with Gasteiger partial charge in [-0.1, -0.05) is 12.1 Å². The van der Waals surface area contributed by atoms with E-state index in [2.05, 4.69) is 40.3 Å². The van der Waals surface area contributed by atoms with Crippen molar-refractivity contribution in [2.75, 3.05) is 39.9 Å². The van der Waals surface area contributed by atoms with Crippen molar-refractivity contribution in [3.8, 4) is 57.5 Å². The summed E-state index contributed by atoms with van der Waals surface area (Å²) in [5.74, 6) is -2.17. The fraction of sp³-hybridized carbons (Fsp3) is 0.304. The molecule has 0 bridgehead atoms. The summed E-state index contributed by atoms with van der Waals surface area (Å²) in [6.45, 7) is 5.53. The second kappa shape index (κ2) is 20.9. The van der Waals surface area contributed by atoms with Gasteiger partial charge in [0.2, 0.25) is 11.6 Å². The minimum absolute atomic E-state index is 0.0299. The molecule has 0 saturated carbocycles. The van der Waals surface area contributed by atoms with Crippen molar-refractivity contribution in [1.82, 2.24) is 49.5 Å². The van der Waals surface area contributed by atoms with Crippen LogP contribution in [0.25, 0.3) is 34.5 Å². The normalized spacial score (nSPS) is 13.4. The molecular weight excluding hydrogens is 993 g/mol. The highest BCUT2D eigenvalue weighted by atomic mass is 32.2. The van der Waals surface area contributed by atoms with Gasteiger partial charge < -0.3 is 27.8 Å². The number of sulfone groups is 2. The van der Waals surface area contributed by atoms with Gasteiger partial charge in [0, 0.05) is 0 Å². The molecule has 0 amide bonds. The smallest absolute Gasteiger partial charge is 0.204 e. The molecule has 26 heteroatoms. The summed E-state index contributed by atoms with van der Waals surface area (Å²) in [4.78, 5) is 14.4. The number of furan rings is 2. The Hall–Kier alpha value is -7.74. The highest BCUT2D eigenvalue weighted by Crippen LogP contribution is 2.39. The number of halogens is 4. The SMILES string of the molecule is COc1cccc(OC)c1-n1c(CS(=O)(=O)C[C@@](C)(F)c2ncc(F)cn2)nnc1-c1ccc(C)o1.COc1cccc(OC)c1-n1c(CS(=O)(=O)C[C@](C)(F)c2ncc(F)cn2)nnc1-c1ccc(C)o1. The second-order valence-electron chi connectivity index (χ2n) is 16.3. The molecule has 0 saturated heterocycles. The van der Waals surface area contributed by atoms with Crippen LogP contribution in [0.3, 0.4) is 0 Å². The molecule has 0 aliphatic carbocycles. The topological polar surface area (TPSA) is 244 Å². The van der Waals surface area contributed by atoms with Crippen LogP contribution < -0.4 is 18.9 Å². The monoisotopic (exact) mass is 1040 g/mol. The molecule has 0 aliphatic rings. The fourth-order valence-corrected chi connectivity index (χ4v) is 10.7. The van der Waals surface area contributed by atoms with Gasteiger partial charge in [-0.2, -0.15) is 0 Å². The number of aromatic nitrogens is 10. The number of ether oxygens (including phenoxy) is 4. The van der Waals surface area contributed by atoms with Gasteiger partial charge in [0.15, 0.2) is 77.5 Å². The molecule has 2 aromatic carbocycles. The average Bonchev–Trinajstić information content (AvgIpc) is 4.15. The number of alkyl halides is 2. The lowest BCUT2D eigenvalue weighted by Gasteiger charge is -2.19. The Labute approximate surface area is 409 Å². The maximum absolute atomic E-state index is 15.4. The van der Waals surface area contributed by atoms with E-state index < -0.39 is 77.3 Å². The van der Waals surface area contributed by atoms with Crippen LogP contribution in [0.15, 0.2) is 94.3 Å². The minimum atomic E-state index is -4.17. The summed E-state index contributed by atoms with van der Waals surface area (Å²) in [5, 5.41) is 16.5. The Balaban J connectivity index is 0.000000211. The van der Waals surface area contributed by atoms with Crippen LogP contribution >= 0.6 is 0 Å². The Morgan fingerprint density at radius 2 is 0.847 bits per heavy atom. The molecule has 0 fully saturated rings. The Bertz CT molecular complexity index is 3150. The Morgan fingerprint density at radius 1 is 0.528 bits per heavy atom. The van der Waals surface area contributed by atoms with Crippen LogP contribution in [0, 0.1) is 25.5 Å². The molecule has 0 unspecified atom stereocenters. The first kappa shape index (κ1) is 52.1. The van der Waals surface area contributed by atoms with Crippen LogP contribution in [0.1, 0.15) is 48.7 Å². The number of methoxy groups -OCH3 is 4. The molecule has 0 N–H and O–H groups in total. The van der Waals surface area contributed by atoms with Crippen molar-refractivity contribution < 1.29 is 62.2 Å². The summed E-state index contributed by atoms with van der Waals surface area (Å²) in [5.41, 5.74) is -4.29. The van der Waals surface area contributed by atoms with E-state index in [1.165, 1.54) is 37.6 Å². The average molecular weight is 1040 g/mol. The van der Waals surface area contributed by atoms with Crippen molar-refractivity contribution in [2.45, 2.75) is 50.5 Å². The Morgan fingerprint density at radius 3 is 1.12 bits per heavy atom. The van der Waals surface area contributed by atoms with Crippen LogP contribution in [0.5, 0.6) is 23.0 Å². The van der Waals surface area contributed by atoms with E-state index >= 15 is 8.78 Å². The third kappa shape index (κ3) is 11.5. The van der Waals surface area contributed by atoms with Gasteiger partial charge in [0.05, 0.1) is 64.7 Å². The van der Waals surface area contributed by atoms with Gasteiger partial charge in [-0.25, -0.2) is 54.3 Å². The van der Waals surface area contributed by atoms with Gasteiger partial charge in [0.1, 0.15) is 57.4 Å². The number of rotatable bonds is 18. The number of para-hydroxylation sites is 2. The molecule has 72 heavy (non-hydrogen) atoms.